The highest BCUT2D eigenvalue weighted by Gasteiger charge is 2.22. The van der Waals surface area contributed by atoms with E-state index in [1.807, 2.05) is 18.3 Å². The topological polar surface area (TPSA) is 38.7 Å². The third-order valence-electron chi connectivity index (χ3n) is 8.49. The number of hydrogen-bond donors (Lipinski definition) is 0. The molecule has 0 fully saturated rings. The summed E-state index contributed by atoms with van der Waals surface area (Å²) in [4.78, 5) is 14.5. The summed E-state index contributed by atoms with van der Waals surface area (Å²) in [6, 6.07) is 45.4. The molecule has 1 aliphatic carbocycles. The van der Waals surface area contributed by atoms with Crippen molar-refractivity contribution in [2.24, 2.45) is 0 Å². The first kappa shape index (κ1) is 23.1. The molecule has 0 N–H and O–H groups in total. The molecule has 0 amide bonds. The molecule has 0 unspecified atom stereocenters. The van der Waals surface area contributed by atoms with E-state index >= 15 is 0 Å². The van der Waals surface area contributed by atoms with Crippen LogP contribution >= 0.6 is 0 Å². The number of nitrogens with zero attached hydrogens (tertiary/aromatic N) is 3. The van der Waals surface area contributed by atoms with Crippen LogP contribution in [-0.2, 0) is 0 Å². The predicted molar refractivity (Wildman–Crippen MR) is 173 cm³/mol. The van der Waals surface area contributed by atoms with Crippen molar-refractivity contribution in [2.75, 3.05) is 0 Å². The molecule has 42 heavy (non-hydrogen) atoms. The molecule has 1 aliphatic rings. The average Bonchev–Trinajstić information content (AvgIpc) is 3.40. The maximum Gasteiger partial charge on any atom is 0.0972 e. The van der Waals surface area contributed by atoms with Gasteiger partial charge in [0.1, 0.15) is 0 Å². The van der Waals surface area contributed by atoms with Crippen LogP contribution in [0.4, 0.5) is 0 Å². The van der Waals surface area contributed by atoms with Crippen molar-refractivity contribution < 1.29 is 0 Å². The maximum absolute atomic E-state index is 5.19. The third kappa shape index (κ3) is 3.44. The molecular weight excluding hydrogens is 510 g/mol. The molecule has 3 aromatic heterocycles. The first-order valence-corrected chi connectivity index (χ1v) is 14.2. The van der Waals surface area contributed by atoms with Crippen LogP contribution in [0.1, 0.15) is 0 Å². The molecule has 3 nitrogen and oxygen atoms in total. The van der Waals surface area contributed by atoms with Gasteiger partial charge >= 0.3 is 0 Å². The predicted octanol–water partition coefficient (Wildman–Crippen LogP) is 9.98. The average molecular weight is 534 g/mol. The van der Waals surface area contributed by atoms with Gasteiger partial charge in [-0.1, -0.05) is 97.1 Å². The van der Waals surface area contributed by atoms with Crippen molar-refractivity contribution in [3.8, 4) is 55.9 Å². The van der Waals surface area contributed by atoms with E-state index < -0.39 is 0 Å². The SMILES string of the molecule is c1cncc(-c2ccc3ccc4ccc(-c5cccc(-c6ccc7c8c(cccc68)-c6ccccc6-7)c5)nc4c3n2)c1. The van der Waals surface area contributed by atoms with Gasteiger partial charge in [-0.15, -0.1) is 0 Å². The molecule has 3 heteroatoms. The van der Waals surface area contributed by atoms with Gasteiger partial charge in [-0.2, -0.15) is 0 Å². The standard InChI is InChI=1S/C39H23N3/c1-2-10-31-30(9-1)33-12-4-11-32-29(17-18-34(31)37(32)33)26-6-3-7-27(22-26)35-19-15-24-13-14-25-16-20-36(28-8-5-21-40-23-28)42-39(25)38(24)41-35/h1-23H. The van der Waals surface area contributed by atoms with Crippen molar-refractivity contribution >= 4 is 32.6 Å². The minimum Gasteiger partial charge on any atom is -0.264 e. The van der Waals surface area contributed by atoms with Crippen LogP contribution in [0.3, 0.4) is 0 Å². The van der Waals surface area contributed by atoms with Crippen LogP contribution in [-0.4, -0.2) is 15.0 Å². The summed E-state index contributed by atoms with van der Waals surface area (Å²) >= 11 is 0. The van der Waals surface area contributed by atoms with E-state index in [1.165, 1.54) is 44.2 Å². The van der Waals surface area contributed by atoms with Gasteiger partial charge in [0, 0.05) is 34.3 Å². The molecule has 5 aromatic carbocycles. The Morgan fingerprint density at radius 1 is 0.405 bits per heavy atom. The van der Waals surface area contributed by atoms with Crippen molar-refractivity contribution in [3.05, 3.63) is 140 Å². The Kier molecular flexibility index (Phi) is 4.90. The van der Waals surface area contributed by atoms with Crippen molar-refractivity contribution in [3.63, 3.8) is 0 Å². The summed E-state index contributed by atoms with van der Waals surface area (Å²) < 4.78 is 0. The zero-order chi connectivity index (χ0) is 27.6. The molecular formula is C39H23N3. The summed E-state index contributed by atoms with van der Waals surface area (Å²) in [5.41, 5.74) is 13.4. The second-order valence-electron chi connectivity index (χ2n) is 10.9. The lowest BCUT2D eigenvalue weighted by atomic mass is 9.93. The van der Waals surface area contributed by atoms with Gasteiger partial charge < -0.3 is 0 Å². The normalized spacial score (nSPS) is 11.8. The number of aromatic nitrogens is 3. The zero-order valence-corrected chi connectivity index (χ0v) is 22.6. The molecule has 0 bridgehead atoms. The minimum absolute atomic E-state index is 0.895. The summed E-state index contributed by atoms with van der Waals surface area (Å²) in [5.74, 6) is 0. The highest BCUT2D eigenvalue weighted by atomic mass is 14.8. The lowest BCUT2D eigenvalue weighted by Gasteiger charge is -2.12. The number of fused-ring (bicyclic) bond motifs is 6. The number of rotatable bonds is 3. The Hall–Kier alpha value is -5.67. The molecule has 9 rings (SSSR count). The van der Waals surface area contributed by atoms with E-state index in [4.69, 9.17) is 9.97 Å². The van der Waals surface area contributed by atoms with Crippen molar-refractivity contribution in [2.45, 2.75) is 0 Å². The van der Waals surface area contributed by atoms with E-state index in [2.05, 4.69) is 120 Å². The van der Waals surface area contributed by atoms with Gasteiger partial charge in [0.2, 0.25) is 0 Å². The number of benzene rings is 5. The quantitative estimate of drug-likeness (QED) is 0.212. The van der Waals surface area contributed by atoms with Gasteiger partial charge in [-0.25, -0.2) is 9.97 Å². The molecule has 0 saturated heterocycles. The Morgan fingerprint density at radius 2 is 1.00 bits per heavy atom. The summed E-state index contributed by atoms with van der Waals surface area (Å²) in [6.45, 7) is 0. The van der Waals surface area contributed by atoms with Crippen molar-refractivity contribution in [1.82, 2.24) is 15.0 Å². The van der Waals surface area contributed by atoms with Gasteiger partial charge in [-0.05, 0) is 74.5 Å². The Balaban J connectivity index is 1.19. The molecule has 8 aromatic rings. The highest BCUT2D eigenvalue weighted by molar-refractivity contribution is 6.18. The fraction of sp³-hybridized carbons (Fsp3) is 0. The molecule has 194 valence electrons. The van der Waals surface area contributed by atoms with Crippen LogP contribution in [0.25, 0.3) is 88.5 Å². The first-order chi connectivity index (χ1) is 20.8. The van der Waals surface area contributed by atoms with Crippen LogP contribution in [0, 0.1) is 0 Å². The van der Waals surface area contributed by atoms with Crippen LogP contribution in [0.15, 0.2) is 140 Å². The maximum atomic E-state index is 5.19. The van der Waals surface area contributed by atoms with E-state index in [9.17, 15) is 0 Å². The molecule has 0 atom stereocenters. The first-order valence-electron chi connectivity index (χ1n) is 14.2. The number of pyridine rings is 3. The zero-order valence-electron chi connectivity index (χ0n) is 22.6. The summed E-state index contributed by atoms with van der Waals surface area (Å²) in [5, 5.41) is 4.77. The lowest BCUT2D eigenvalue weighted by molar-refractivity contribution is 1.30. The second kappa shape index (κ2) is 8.92. The highest BCUT2D eigenvalue weighted by Crippen LogP contribution is 2.49. The molecule has 0 saturated carbocycles. The largest absolute Gasteiger partial charge is 0.264 e. The minimum atomic E-state index is 0.895. The fourth-order valence-corrected chi connectivity index (χ4v) is 6.51. The molecule has 0 radical (unpaired) electrons. The van der Waals surface area contributed by atoms with Crippen LogP contribution in [0.5, 0.6) is 0 Å². The van der Waals surface area contributed by atoms with Gasteiger partial charge in [0.25, 0.3) is 0 Å². The van der Waals surface area contributed by atoms with E-state index in [-0.39, 0.29) is 0 Å². The Bertz CT molecular complexity index is 2330. The van der Waals surface area contributed by atoms with Crippen LogP contribution in [0.2, 0.25) is 0 Å². The monoisotopic (exact) mass is 533 g/mol. The second-order valence-corrected chi connectivity index (χ2v) is 10.9. The summed E-state index contributed by atoms with van der Waals surface area (Å²) in [7, 11) is 0. The summed E-state index contributed by atoms with van der Waals surface area (Å²) in [6.07, 6.45) is 3.63. The van der Waals surface area contributed by atoms with Gasteiger partial charge in [-0.3, -0.25) is 4.98 Å². The number of hydrogen-bond acceptors (Lipinski definition) is 3. The molecule has 0 aliphatic heterocycles. The van der Waals surface area contributed by atoms with Gasteiger partial charge in [0.15, 0.2) is 0 Å². The van der Waals surface area contributed by atoms with E-state index in [1.54, 1.807) is 6.20 Å². The molecule has 3 heterocycles. The lowest BCUT2D eigenvalue weighted by Crippen LogP contribution is -1.91. The van der Waals surface area contributed by atoms with Crippen LogP contribution < -0.4 is 0 Å². The van der Waals surface area contributed by atoms with Crippen molar-refractivity contribution in [1.29, 1.82) is 0 Å². The Morgan fingerprint density at radius 3 is 1.74 bits per heavy atom. The smallest absolute Gasteiger partial charge is 0.0972 e. The third-order valence-corrected chi connectivity index (χ3v) is 8.49. The molecule has 0 spiro atoms. The van der Waals surface area contributed by atoms with E-state index in [0.717, 1.165) is 44.3 Å². The van der Waals surface area contributed by atoms with Gasteiger partial charge in [0.05, 0.1) is 22.4 Å². The fourth-order valence-electron chi connectivity index (χ4n) is 6.51. The van der Waals surface area contributed by atoms with E-state index in [0.29, 0.717) is 0 Å². The Labute approximate surface area is 242 Å².